The number of rotatable bonds is 8. The quantitative estimate of drug-likeness (QED) is 0.315. The Bertz CT molecular complexity index is 1440. The lowest BCUT2D eigenvalue weighted by atomic mass is 9.87. The van der Waals surface area contributed by atoms with Crippen LogP contribution < -0.4 is 10.1 Å². The van der Waals surface area contributed by atoms with Crippen molar-refractivity contribution >= 4 is 49.9 Å². The van der Waals surface area contributed by atoms with E-state index in [1.165, 1.54) is 42.8 Å². The summed E-state index contributed by atoms with van der Waals surface area (Å²) >= 11 is 1.68. The highest BCUT2D eigenvalue weighted by Crippen LogP contribution is 2.42. The van der Waals surface area contributed by atoms with Gasteiger partial charge in [-0.2, -0.15) is 5.10 Å². The minimum atomic E-state index is 0.0309. The van der Waals surface area contributed by atoms with Crippen LogP contribution in [0.15, 0.2) is 24.7 Å². The van der Waals surface area contributed by atoms with Gasteiger partial charge in [-0.05, 0) is 63.2 Å². The van der Waals surface area contributed by atoms with Crippen molar-refractivity contribution in [3.05, 3.63) is 35.1 Å². The maximum absolute atomic E-state index is 12.6. The zero-order valence-electron chi connectivity index (χ0n) is 22.1. The number of aryl methyl sites for hydroxylation is 1. The zero-order valence-corrected chi connectivity index (χ0v) is 22.9. The summed E-state index contributed by atoms with van der Waals surface area (Å²) in [5.41, 5.74) is 3.08. The van der Waals surface area contributed by atoms with Crippen molar-refractivity contribution < 1.29 is 9.53 Å². The summed E-state index contributed by atoms with van der Waals surface area (Å²) < 4.78 is 6.33. The van der Waals surface area contributed by atoms with Crippen LogP contribution in [0.1, 0.15) is 42.5 Å². The number of ether oxygens (including phenoxy) is 1. The molecule has 1 aliphatic heterocycles. The van der Waals surface area contributed by atoms with Gasteiger partial charge in [0.25, 0.3) is 0 Å². The molecule has 6 rings (SSSR count). The van der Waals surface area contributed by atoms with E-state index in [2.05, 4.69) is 36.4 Å². The van der Waals surface area contributed by atoms with Gasteiger partial charge < -0.3 is 19.9 Å². The zero-order chi connectivity index (χ0) is 26.1. The first-order valence-corrected chi connectivity index (χ1v) is 14.4. The average molecular weight is 534 g/mol. The van der Waals surface area contributed by atoms with Crippen LogP contribution in [0.5, 0.6) is 5.75 Å². The molecule has 2 N–H and O–H groups in total. The molecule has 1 unspecified atom stereocenters. The van der Waals surface area contributed by atoms with Gasteiger partial charge in [-0.15, -0.1) is 11.3 Å². The van der Waals surface area contributed by atoms with E-state index in [9.17, 15) is 4.79 Å². The molecule has 2 aliphatic rings. The van der Waals surface area contributed by atoms with Crippen molar-refractivity contribution in [1.82, 2.24) is 30.0 Å². The molecule has 1 fully saturated rings. The van der Waals surface area contributed by atoms with Crippen LogP contribution >= 0.6 is 11.3 Å². The van der Waals surface area contributed by atoms with Crippen LogP contribution in [0.25, 0.3) is 21.1 Å². The number of thiophene rings is 1. The van der Waals surface area contributed by atoms with Crippen molar-refractivity contribution in [2.45, 2.75) is 44.9 Å². The molecule has 1 aromatic carbocycles. The van der Waals surface area contributed by atoms with Crippen molar-refractivity contribution in [2.24, 2.45) is 5.92 Å². The standard InChI is InChI=1S/C28H35N7O2S/c1-34(2)28(36)18-7-8-20-24(14-18)38-27-25(20)26(29-17-30-27)32-22-13-19-16-31-33-21(19)15-23(22)37-12-6-11-35-9-4-3-5-10-35/h13,15-18H,3-12,14H2,1-2H3,(H,31,33)(H,29,30,32). The first-order chi connectivity index (χ1) is 18.6. The van der Waals surface area contributed by atoms with Gasteiger partial charge in [0.15, 0.2) is 0 Å². The normalized spacial score (nSPS) is 18.0. The highest BCUT2D eigenvalue weighted by molar-refractivity contribution is 7.19. The highest BCUT2D eigenvalue weighted by Gasteiger charge is 2.30. The second-order valence-corrected chi connectivity index (χ2v) is 11.7. The molecular weight excluding hydrogens is 498 g/mol. The molecule has 4 heterocycles. The second-order valence-electron chi connectivity index (χ2n) is 10.6. The molecule has 10 heteroatoms. The summed E-state index contributed by atoms with van der Waals surface area (Å²) in [6, 6.07) is 4.09. The SMILES string of the molecule is CN(C)C(=O)C1CCc2c(sc3ncnc(Nc4cc5cn[nH]c5cc4OCCCN4CCCCC4)c23)C1. The minimum absolute atomic E-state index is 0.0309. The number of fused-ring (bicyclic) bond motifs is 4. The molecule has 3 aromatic heterocycles. The van der Waals surface area contributed by atoms with E-state index in [1.54, 1.807) is 22.6 Å². The number of nitrogens with one attached hydrogen (secondary N) is 2. The number of carbonyl (C=O) groups is 1. The predicted octanol–water partition coefficient (Wildman–Crippen LogP) is 4.76. The number of likely N-dealkylation sites (tertiary alicyclic amines) is 1. The Morgan fingerprint density at radius 3 is 2.95 bits per heavy atom. The summed E-state index contributed by atoms with van der Waals surface area (Å²) in [7, 11) is 3.67. The van der Waals surface area contributed by atoms with Crippen molar-refractivity contribution in [3.63, 3.8) is 0 Å². The Morgan fingerprint density at radius 2 is 2.11 bits per heavy atom. The lowest BCUT2D eigenvalue weighted by Gasteiger charge is -2.26. The van der Waals surface area contributed by atoms with Crippen LogP contribution in [0.2, 0.25) is 0 Å². The number of piperidine rings is 1. The number of H-pyrrole nitrogens is 1. The lowest BCUT2D eigenvalue weighted by Crippen LogP contribution is -2.32. The molecule has 0 radical (unpaired) electrons. The average Bonchev–Trinajstić information content (AvgIpc) is 3.55. The maximum atomic E-state index is 12.6. The number of hydrogen-bond acceptors (Lipinski definition) is 8. The molecule has 4 aromatic rings. The minimum Gasteiger partial charge on any atom is -0.491 e. The Kier molecular flexibility index (Phi) is 7.16. The molecule has 1 aliphatic carbocycles. The van der Waals surface area contributed by atoms with E-state index in [0.29, 0.717) is 6.61 Å². The fourth-order valence-corrected chi connectivity index (χ4v) is 7.02. The molecule has 1 atom stereocenters. The van der Waals surface area contributed by atoms with Crippen LogP contribution in [0.3, 0.4) is 0 Å². The summed E-state index contributed by atoms with van der Waals surface area (Å²) in [5.74, 6) is 1.80. The number of amides is 1. The summed E-state index contributed by atoms with van der Waals surface area (Å²) in [6.45, 7) is 4.12. The van der Waals surface area contributed by atoms with Gasteiger partial charge in [0.05, 0.1) is 29.4 Å². The van der Waals surface area contributed by atoms with Gasteiger partial charge in [0.1, 0.15) is 22.7 Å². The molecule has 200 valence electrons. The fraction of sp³-hybridized carbons (Fsp3) is 0.500. The molecule has 9 nitrogen and oxygen atoms in total. The third kappa shape index (κ3) is 5.07. The van der Waals surface area contributed by atoms with Crippen LogP contribution in [-0.4, -0.2) is 76.2 Å². The van der Waals surface area contributed by atoms with E-state index in [1.807, 2.05) is 26.4 Å². The maximum Gasteiger partial charge on any atom is 0.225 e. The van der Waals surface area contributed by atoms with E-state index >= 15 is 0 Å². The monoisotopic (exact) mass is 533 g/mol. The van der Waals surface area contributed by atoms with Crippen molar-refractivity contribution in [3.8, 4) is 5.75 Å². The number of nitrogens with zero attached hydrogens (tertiary/aromatic N) is 5. The van der Waals surface area contributed by atoms with Gasteiger partial charge in [0, 0.05) is 42.9 Å². The van der Waals surface area contributed by atoms with Crippen molar-refractivity contribution in [2.75, 3.05) is 45.7 Å². The van der Waals surface area contributed by atoms with E-state index in [0.717, 1.165) is 70.6 Å². The van der Waals surface area contributed by atoms with Crippen molar-refractivity contribution in [1.29, 1.82) is 0 Å². The second kappa shape index (κ2) is 10.9. The molecule has 0 bridgehead atoms. The summed E-state index contributed by atoms with van der Waals surface area (Å²) in [4.78, 5) is 28.3. The number of aromatic nitrogens is 4. The molecule has 1 amide bonds. The van der Waals surface area contributed by atoms with E-state index < -0.39 is 0 Å². The Hall–Kier alpha value is -3.24. The number of aromatic amines is 1. The van der Waals surface area contributed by atoms with Gasteiger partial charge in [0.2, 0.25) is 5.91 Å². The lowest BCUT2D eigenvalue weighted by molar-refractivity contribution is -0.133. The summed E-state index contributed by atoms with van der Waals surface area (Å²) in [5, 5.41) is 12.9. The number of carbonyl (C=O) groups excluding carboxylic acids is 1. The Labute approximate surface area is 226 Å². The number of benzene rings is 1. The van der Waals surface area contributed by atoms with Crippen LogP contribution in [0.4, 0.5) is 11.5 Å². The summed E-state index contributed by atoms with van der Waals surface area (Å²) in [6.07, 6.45) is 10.8. The molecule has 0 saturated carbocycles. The number of hydrogen-bond donors (Lipinski definition) is 2. The number of anilines is 2. The van der Waals surface area contributed by atoms with Gasteiger partial charge >= 0.3 is 0 Å². The predicted molar refractivity (Wildman–Crippen MR) is 151 cm³/mol. The largest absolute Gasteiger partial charge is 0.491 e. The van der Waals surface area contributed by atoms with E-state index in [4.69, 9.17) is 4.74 Å². The van der Waals surface area contributed by atoms with Gasteiger partial charge in [-0.25, -0.2) is 9.97 Å². The highest BCUT2D eigenvalue weighted by atomic mass is 32.1. The first-order valence-electron chi connectivity index (χ1n) is 13.6. The Balaban J connectivity index is 1.25. The smallest absolute Gasteiger partial charge is 0.225 e. The third-order valence-corrected chi connectivity index (χ3v) is 8.92. The van der Waals surface area contributed by atoms with Crippen LogP contribution in [0, 0.1) is 5.92 Å². The molecule has 0 spiro atoms. The first kappa shape index (κ1) is 25.1. The Morgan fingerprint density at radius 1 is 1.24 bits per heavy atom. The van der Waals surface area contributed by atoms with E-state index in [-0.39, 0.29) is 11.8 Å². The van der Waals surface area contributed by atoms with Crippen LogP contribution in [-0.2, 0) is 17.6 Å². The fourth-order valence-electron chi connectivity index (χ4n) is 5.75. The van der Waals surface area contributed by atoms with Gasteiger partial charge in [-0.1, -0.05) is 6.42 Å². The molecule has 38 heavy (non-hydrogen) atoms. The molecular formula is C28H35N7O2S. The van der Waals surface area contributed by atoms with Gasteiger partial charge in [-0.3, -0.25) is 9.89 Å². The topological polar surface area (TPSA) is 99.3 Å². The molecule has 1 saturated heterocycles. The third-order valence-electron chi connectivity index (χ3n) is 7.75.